The fourth-order valence-corrected chi connectivity index (χ4v) is 7.97. The summed E-state index contributed by atoms with van der Waals surface area (Å²) in [6, 6.07) is 13.5. The maximum absolute atomic E-state index is 12.4. The molecule has 0 bridgehead atoms. The van der Waals surface area contributed by atoms with Crippen LogP contribution >= 0.6 is 0 Å². The molecule has 58 heavy (non-hydrogen) atoms. The number of hydrogen-bond donors (Lipinski definition) is 2. The lowest BCUT2D eigenvalue weighted by Crippen LogP contribution is -2.32. The molecule has 3 unspecified atom stereocenters. The molecule has 11 nitrogen and oxygen atoms in total. The number of aryl methyl sites for hydroxylation is 4. The van der Waals surface area contributed by atoms with Crippen molar-refractivity contribution in [3.63, 3.8) is 0 Å². The highest BCUT2D eigenvalue weighted by molar-refractivity contribution is 5.75. The van der Waals surface area contributed by atoms with E-state index in [1.807, 2.05) is 42.6 Å². The van der Waals surface area contributed by atoms with Crippen LogP contribution in [0.3, 0.4) is 0 Å². The van der Waals surface area contributed by atoms with Crippen molar-refractivity contribution in [1.29, 1.82) is 0 Å². The summed E-state index contributed by atoms with van der Waals surface area (Å²) in [6.45, 7) is 8.13. The first-order valence-electron chi connectivity index (χ1n) is 21.7. The van der Waals surface area contributed by atoms with Crippen molar-refractivity contribution in [3.05, 3.63) is 115 Å². The summed E-state index contributed by atoms with van der Waals surface area (Å²) in [5.74, 6) is 2.48. The van der Waals surface area contributed by atoms with Gasteiger partial charge in [0.1, 0.15) is 13.1 Å². The number of hydrogen-bond acceptors (Lipinski definition) is 5. The number of nitrogens with zero attached hydrogens (tertiary/aromatic N) is 7. The number of carboxylic acids is 1. The largest absolute Gasteiger partial charge is 0.481 e. The second kappa shape index (κ2) is 23.9. The Morgan fingerprint density at radius 2 is 1.29 bits per heavy atom. The Morgan fingerprint density at radius 3 is 1.93 bits per heavy atom. The molecule has 0 radical (unpaired) electrons. The average molecular weight is 791 g/mol. The van der Waals surface area contributed by atoms with Crippen LogP contribution in [0.1, 0.15) is 138 Å². The molecular weight excluding hydrogens is 725 g/mol. The summed E-state index contributed by atoms with van der Waals surface area (Å²) in [5, 5.41) is 12.0. The van der Waals surface area contributed by atoms with Crippen molar-refractivity contribution in [2.75, 3.05) is 6.54 Å². The normalized spacial score (nSPS) is 12.9. The molecule has 0 fully saturated rings. The van der Waals surface area contributed by atoms with Crippen molar-refractivity contribution in [2.45, 2.75) is 141 Å². The monoisotopic (exact) mass is 791 g/mol. The van der Waals surface area contributed by atoms with E-state index in [-0.39, 0.29) is 12.3 Å². The van der Waals surface area contributed by atoms with E-state index in [0.29, 0.717) is 24.2 Å². The predicted molar refractivity (Wildman–Crippen MR) is 227 cm³/mol. The zero-order valence-electron chi connectivity index (χ0n) is 35.1. The van der Waals surface area contributed by atoms with Crippen LogP contribution in [0.5, 0.6) is 0 Å². The molecule has 0 aliphatic heterocycles. The van der Waals surface area contributed by atoms with Crippen molar-refractivity contribution in [3.8, 4) is 11.6 Å². The predicted octanol–water partition coefficient (Wildman–Crippen LogP) is 8.31. The third-order valence-electron chi connectivity index (χ3n) is 11.5. The van der Waals surface area contributed by atoms with Gasteiger partial charge in [-0.05, 0) is 111 Å². The van der Waals surface area contributed by atoms with E-state index in [9.17, 15) is 9.59 Å². The number of pyridine rings is 3. The summed E-state index contributed by atoms with van der Waals surface area (Å²) in [5.41, 5.74) is 4.09. The van der Waals surface area contributed by atoms with Gasteiger partial charge in [0.15, 0.2) is 36.4 Å². The Morgan fingerprint density at radius 1 is 0.690 bits per heavy atom. The molecule has 5 heterocycles. The SMILES string of the molecule is CCC(CC(CC(C)c1cc[n+](CCCCCC(=O)NCCCCCn2ccnc2-c2nccn2C)cc1)c1ccncc1)c1cc[n+](CCCCCC(=O)O)cc1. The quantitative estimate of drug-likeness (QED) is 0.0408. The highest BCUT2D eigenvalue weighted by Gasteiger charge is 2.23. The minimum Gasteiger partial charge on any atom is -0.481 e. The number of rotatable bonds is 27. The van der Waals surface area contributed by atoms with E-state index >= 15 is 0 Å². The standard InChI is InChI=1S/C47H64N8O3/c1-4-39(42-20-32-54(33-21-42)28-12-6-9-15-45(57)58)37-43(41-16-23-48-24-17-41)36-38(2)40-18-30-53(31-19-40)27-11-5-8-14-44(56)49-22-10-7-13-29-55-35-26-51-47(55)46-50-25-34-52(46)3/h16-21,23-26,30-35,38-39,43H,4-15,22,27-29,36-37H2,1-3H3/p+2. The molecule has 5 aromatic heterocycles. The number of unbranched alkanes of at least 4 members (excludes halogenated alkanes) is 6. The Labute approximate surface area is 345 Å². The summed E-state index contributed by atoms with van der Waals surface area (Å²) >= 11 is 0. The van der Waals surface area contributed by atoms with Crippen LogP contribution in [0, 0.1) is 0 Å². The maximum Gasteiger partial charge on any atom is 0.303 e. The number of carbonyl (C=O) groups is 2. The maximum atomic E-state index is 12.4. The first-order chi connectivity index (χ1) is 28.3. The molecule has 0 saturated carbocycles. The number of carboxylic acid groups (broad SMARTS) is 1. The molecule has 3 atom stereocenters. The van der Waals surface area contributed by atoms with Crippen LogP contribution in [0.4, 0.5) is 0 Å². The van der Waals surface area contributed by atoms with E-state index in [0.717, 1.165) is 115 Å². The van der Waals surface area contributed by atoms with Gasteiger partial charge in [0.25, 0.3) is 0 Å². The van der Waals surface area contributed by atoms with Crippen LogP contribution in [0.2, 0.25) is 0 Å². The van der Waals surface area contributed by atoms with E-state index in [1.54, 1.807) is 6.20 Å². The molecule has 0 aliphatic rings. The molecule has 1 amide bonds. The van der Waals surface area contributed by atoms with E-state index in [1.165, 1.54) is 16.7 Å². The fourth-order valence-electron chi connectivity index (χ4n) is 7.97. The Hall–Kier alpha value is -5.19. The zero-order valence-corrected chi connectivity index (χ0v) is 35.1. The Bertz CT molecular complexity index is 1920. The van der Waals surface area contributed by atoms with Gasteiger partial charge < -0.3 is 19.6 Å². The highest BCUT2D eigenvalue weighted by Crippen LogP contribution is 2.38. The number of nitrogens with one attached hydrogen (secondary N) is 1. The van der Waals surface area contributed by atoms with E-state index in [2.05, 4.69) is 109 Å². The van der Waals surface area contributed by atoms with Crippen LogP contribution in [-0.2, 0) is 36.3 Å². The van der Waals surface area contributed by atoms with Crippen molar-refractivity contribution in [1.82, 2.24) is 29.4 Å². The number of aromatic nitrogens is 7. The van der Waals surface area contributed by atoms with Crippen molar-refractivity contribution >= 4 is 11.9 Å². The van der Waals surface area contributed by atoms with Crippen LogP contribution in [-0.4, -0.2) is 47.6 Å². The van der Waals surface area contributed by atoms with Gasteiger partial charge in [-0.1, -0.05) is 13.8 Å². The van der Waals surface area contributed by atoms with Gasteiger partial charge in [0, 0.05) is 107 Å². The highest BCUT2D eigenvalue weighted by atomic mass is 16.4. The number of aliphatic carboxylic acids is 1. The third kappa shape index (κ3) is 14.3. The first kappa shape index (κ1) is 43.9. The van der Waals surface area contributed by atoms with Gasteiger partial charge in [-0.2, -0.15) is 0 Å². The molecule has 2 N–H and O–H groups in total. The number of amides is 1. The topological polar surface area (TPSA) is 123 Å². The Balaban J connectivity index is 0.986. The smallest absolute Gasteiger partial charge is 0.303 e. The molecule has 0 spiro atoms. The van der Waals surface area contributed by atoms with Crippen molar-refractivity contribution in [2.24, 2.45) is 7.05 Å². The molecule has 310 valence electrons. The minimum absolute atomic E-state index is 0.156. The van der Waals surface area contributed by atoms with Crippen molar-refractivity contribution < 1.29 is 23.8 Å². The number of carbonyl (C=O) groups excluding carboxylic acids is 1. The van der Waals surface area contributed by atoms with Gasteiger partial charge in [0.2, 0.25) is 5.91 Å². The van der Waals surface area contributed by atoms with Crippen LogP contribution in [0.25, 0.3) is 11.6 Å². The summed E-state index contributed by atoms with van der Waals surface area (Å²) in [4.78, 5) is 36.4. The second-order valence-electron chi connectivity index (χ2n) is 15.9. The second-order valence-corrected chi connectivity index (χ2v) is 15.9. The third-order valence-corrected chi connectivity index (χ3v) is 11.5. The molecule has 5 aromatic rings. The molecule has 0 aromatic carbocycles. The summed E-state index contributed by atoms with van der Waals surface area (Å²) < 4.78 is 8.62. The van der Waals surface area contributed by atoms with Crippen LogP contribution < -0.4 is 14.5 Å². The number of imidazole rings is 2. The fraction of sp³-hybridized carbons (Fsp3) is 0.511. The van der Waals surface area contributed by atoms with Gasteiger partial charge in [0.05, 0.1) is 0 Å². The van der Waals surface area contributed by atoms with E-state index in [4.69, 9.17) is 5.11 Å². The lowest BCUT2D eigenvalue weighted by atomic mass is 9.79. The molecular formula is C47H66N8O3+2. The van der Waals surface area contributed by atoms with E-state index < -0.39 is 5.97 Å². The van der Waals surface area contributed by atoms with Gasteiger partial charge in [-0.15, -0.1) is 0 Å². The lowest BCUT2D eigenvalue weighted by Gasteiger charge is -2.26. The summed E-state index contributed by atoms with van der Waals surface area (Å²) in [7, 11) is 1.98. The average Bonchev–Trinajstić information content (AvgIpc) is 3.89. The van der Waals surface area contributed by atoms with Gasteiger partial charge >= 0.3 is 5.97 Å². The molecule has 5 rings (SSSR count). The lowest BCUT2D eigenvalue weighted by molar-refractivity contribution is -0.697. The summed E-state index contributed by atoms with van der Waals surface area (Å²) in [6.07, 6.45) is 33.0. The first-order valence-corrected chi connectivity index (χ1v) is 21.7. The molecule has 0 aliphatic carbocycles. The Kier molecular flexibility index (Phi) is 18.1. The minimum atomic E-state index is -0.714. The molecule has 0 saturated heterocycles. The van der Waals surface area contributed by atoms with Gasteiger partial charge in [-0.25, -0.2) is 19.1 Å². The molecule has 11 heteroatoms. The zero-order chi connectivity index (χ0) is 41.0. The van der Waals surface area contributed by atoms with Crippen LogP contribution in [0.15, 0.2) is 98.4 Å². The van der Waals surface area contributed by atoms with Gasteiger partial charge in [-0.3, -0.25) is 14.6 Å².